The molecule has 32 heavy (non-hydrogen) atoms. The van der Waals surface area contributed by atoms with Crippen molar-refractivity contribution in [3.63, 3.8) is 0 Å². The van der Waals surface area contributed by atoms with Crippen LogP contribution in [0.2, 0.25) is 0 Å². The molecule has 3 rings (SSSR count). The minimum absolute atomic E-state index is 0.0283. The number of nitrogens with zero attached hydrogens (tertiary/aromatic N) is 3. The summed E-state index contributed by atoms with van der Waals surface area (Å²) in [6.07, 6.45) is -0.126. The fourth-order valence-electron chi connectivity index (χ4n) is 3.81. The zero-order valence-electron chi connectivity index (χ0n) is 19.0. The first-order valence-corrected chi connectivity index (χ1v) is 11.0. The first-order valence-electron chi connectivity index (χ1n) is 11.0. The molecule has 0 atom stereocenters. The average molecular weight is 442 g/mol. The number of rotatable bonds is 7. The highest BCUT2D eigenvalue weighted by Crippen LogP contribution is 2.18. The first-order chi connectivity index (χ1) is 15.4. The summed E-state index contributed by atoms with van der Waals surface area (Å²) in [5.41, 5.74) is 1.52. The fraction of sp³-hybridized carbons (Fsp3) is 0.458. The Kier molecular flexibility index (Phi) is 7.92. The highest BCUT2D eigenvalue weighted by atomic mass is 16.6. The fourth-order valence-corrected chi connectivity index (χ4v) is 3.81. The van der Waals surface area contributed by atoms with E-state index in [1.807, 2.05) is 37.3 Å². The molecule has 1 aromatic carbocycles. The van der Waals surface area contributed by atoms with Crippen molar-refractivity contribution < 1.29 is 23.5 Å². The highest BCUT2D eigenvalue weighted by molar-refractivity contribution is 5.95. The predicted octanol–water partition coefficient (Wildman–Crippen LogP) is 3.23. The molecule has 1 aromatic heterocycles. The van der Waals surface area contributed by atoms with Gasteiger partial charge in [-0.1, -0.05) is 30.3 Å². The molecule has 2 heterocycles. The van der Waals surface area contributed by atoms with Crippen molar-refractivity contribution >= 4 is 17.9 Å². The molecule has 0 bridgehead atoms. The van der Waals surface area contributed by atoms with Crippen LogP contribution < -0.4 is 0 Å². The maximum atomic E-state index is 13.2. The van der Waals surface area contributed by atoms with E-state index in [1.165, 1.54) is 0 Å². The third-order valence-electron chi connectivity index (χ3n) is 5.53. The first kappa shape index (κ1) is 23.4. The van der Waals surface area contributed by atoms with E-state index < -0.39 is 0 Å². The quantitative estimate of drug-likeness (QED) is 0.659. The van der Waals surface area contributed by atoms with E-state index in [1.54, 1.807) is 34.6 Å². The van der Waals surface area contributed by atoms with Crippen molar-refractivity contribution in [2.75, 3.05) is 39.3 Å². The van der Waals surface area contributed by atoms with E-state index in [2.05, 4.69) is 0 Å². The van der Waals surface area contributed by atoms with Crippen LogP contribution in [0.1, 0.15) is 40.8 Å². The van der Waals surface area contributed by atoms with Gasteiger partial charge < -0.3 is 23.9 Å². The zero-order chi connectivity index (χ0) is 23.1. The molecule has 0 unspecified atom stereocenters. The number of furan rings is 1. The van der Waals surface area contributed by atoms with E-state index in [0.717, 1.165) is 5.56 Å². The third-order valence-corrected chi connectivity index (χ3v) is 5.53. The van der Waals surface area contributed by atoms with Gasteiger partial charge in [0.1, 0.15) is 11.5 Å². The lowest BCUT2D eigenvalue weighted by Gasteiger charge is -2.34. The molecule has 0 saturated carbocycles. The van der Waals surface area contributed by atoms with E-state index in [4.69, 9.17) is 9.15 Å². The number of piperazine rings is 1. The second kappa shape index (κ2) is 10.8. The van der Waals surface area contributed by atoms with Crippen molar-refractivity contribution in [3.8, 4) is 0 Å². The molecule has 2 aromatic rings. The van der Waals surface area contributed by atoms with Gasteiger partial charge in [-0.2, -0.15) is 0 Å². The zero-order valence-corrected chi connectivity index (χ0v) is 19.0. The van der Waals surface area contributed by atoms with Crippen LogP contribution in [-0.4, -0.2) is 71.9 Å². The molecule has 0 aliphatic carbocycles. The summed E-state index contributed by atoms with van der Waals surface area (Å²) in [5, 5.41) is 0. The Hall–Kier alpha value is -3.29. The molecule has 1 saturated heterocycles. The molecular formula is C24H31N3O5. The van der Waals surface area contributed by atoms with Crippen molar-refractivity contribution in [3.05, 3.63) is 59.0 Å². The van der Waals surface area contributed by atoms with Crippen LogP contribution in [0.4, 0.5) is 4.79 Å². The molecule has 8 heteroatoms. The SMILES string of the molecule is CCOC(=O)N1CCN(C(=O)CCN(Cc2ccccc2)C(=O)c2cc(C)oc2C)CC1. The number of carbonyl (C=O) groups is 3. The molecule has 1 aliphatic heterocycles. The van der Waals surface area contributed by atoms with Gasteiger partial charge in [0.25, 0.3) is 5.91 Å². The second-order valence-electron chi connectivity index (χ2n) is 7.86. The monoisotopic (exact) mass is 441 g/mol. The van der Waals surface area contributed by atoms with Gasteiger partial charge in [-0.15, -0.1) is 0 Å². The van der Waals surface area contributed by atoms with Crippen LogP contribution in [0, 0.1) is 13.8 Å². The highest BCUT2D eigenvalue weighted by Gasteiger charge is 2.26. The van der Waals surface area contributed by atoms with Crippen LogP contribution in [0.5, 0.6) is 0 Å². The molecule has 0 radical (unpaired) electrons. The summed E-state index contributed by atoms with van der Waals surface area (Å²) in [7, 11) is 0. The number of carbonyl (C=O) groups excluding carboxylic acids is 3. The van der Waals surface area contributed by atoms with E-state index >= 15 is 0 Å². The maximum absolute atomic E-state index is 13.2. The number of hydrogen-bond acceptors (Lipinski definition) is 5. The molecule has 8 nitrogen and oxygen atoms in total. The molecule has 3 amide bonds. The largest absolute Gasteiger partial charge is 0.466 e. The summed E-state index contributed by atoms with van der Waals surface area (Å²) in [6.45, 7) is 8.22. The van der Waals surface area contributed by atoms with E-state index in [9.17, 15) is 14.4 Å². The lowest BCUT2D eigenvalue weighted by molar-refractivity contribution is -0.133. The van der Waals surface area contributed by atoms with Gasteiger partial charge in [-0.05, 0) is 32.4 Å². The summed E-state index contributed by atoms with van der Waals surface area (Å²) in [6, 6.07) is 11.5. The van der Waals surface area contributed by atoms with E-state index in [0.29, 0.717) is 63.0 Å². The Labute approximate surface area is 188 Å². The van der Waals surface area contributed by atoms with Crippen molar-refractivity contribution in [2.24, 2.45) is 0 Å². The standard InChI is InChI=1S/C24H31N3O5/c1-4-31-24(30)26-14-12-25(13-15-26)22(28)10-11-27(17-20-8-6-5-7-9-20)23(29)21-16-18(2)32-19(21)3/h5-9,16H,4,10-15,17H2,1-3H3. The Morgan fingerprint density at radius 1 is 1.03 bits per heavy atom. The van der Waals surface area contributed by atoms with Gasteiger partial charge in [-0.25, -0.2) is 4.79 Å². The summed E-state index contributed by atoms with van der Waals surface area (Å²) in [5.74, 6) is 1.08. The topological polar surface area (TPSA) is 83.3 Å². The van der Waals surface area contributed by atoms with Gasteiger partial charge >= 0.3 is 6.09 Å². The van der Waals surface area contributed by atoms with Crippen LogP contribution in [-0.2, 0) is 16.1 Å². The number of aryl methyl sites for hydroxylation is 2. The van der Waals surface area contributed by atoms with Crippen LogP contribution >= 0.6 is 0 Å². The minimum Gasteiger partial charge on any atom is -0.466 e. The number of benzene rings is 1. The normalized spacial score (nSPS) is 13.7. The van der Waals surface area contributed by atoms with Crippen molar-refractivity contribution in [1.82, 2.24) is 14.7 Å². The second-order valence-corrected chi connectivity index (χ2v) is 7.86. The molecule has 0 spiro atoms. The summed E-state index contributed by atoms with van der Waals surface area (Å²) in [4.78, 5) is 43.0. The predicted molar refractivity (Wildman–Crippen MR) is 119 cm³/mol. The van der Waals surface area contributed by atoms with Crippen LogP contribution in [0.25, 0.3) is 0 Å². The molecular weight excluding hydrogens is 410 g/mol. The Bertz CT molecular complexity index is 932. The van der Waals surface area contributed by atoms with Gasteiger partial charge in [0.15, 0.2) is 0 Å². The Morgan fingerprint density at radius 3 is 2.28 bits per heavy atom. The number of hydrogen-bond donors (Lipinski definition) is 0. The Balaban J connectivity index is 1.62. The van der Waals surface area contributed by atoms with Crippen molar-refractivity contribution in [1.29, 1.82) is 0 Å². The summed E-state index contributed by atoms with van der Waals surface area (Å²) < 4.78 is 10.6. The van der Waals surface area contributed by atoms with Gasteiger partial charge in [0.05, 0.1) is 12.2 Å². The van der Waals surface area contributed by atoms with Gasteiger partial charge in [0, 0.05) is 45.7 Å². The molecule has 1 fully saturated rings. The maximum Gasteiger partial charge on any atom is 0.409 e. The van der Waals surface area contributed by atoms with Crippen LogP contribution in [0.3, 0.4) is 0 Å². The molecule has 0 N–H and O–H groups in total. The number of amides is 3. The Morgan fingerprint density at radius 2 is 1.69 bits per heavy atom. The average Bonchev–Trinajstić information content (AvgIpc) is 3.14. The smallest absolute Gasteiger partial charge is 0.409 e. The minimum atomic E-state index is -0.343. The molecule has 172 valence electrons. The van der Waals surface area contributed by atoms with Crippen molar-refractivity contribution in [2.45, 2.75) is 33.7 Å². The lowest BCUT2D eigenvalue weighted by atomic mass is 10.1. The third kappa shape index (κ3) is 5.90. The van der Waals surface area contributed by atoms with Gasteiger partial charge in [-0.3, -0.25) is 9.59 Å². The summed E-state index contributed by atoms with van der Waals surface area (Å²) >= 11 is 0. The van der Waals surface area contributed by atoms with Crippen LogP contribution in [0.15, 0.2) is 40.8 Å². The lowest BCUT2D eigenvalue weighted by Crippen LogP contribution is -2.51. The van der Waals surface area contributed by atoms with E-state index in [-0.39, 0.29) is 24.3 Å². The number of ether oxygens (including phenoxy) is 1. The van der Waals surface area contributed by atoms with Gasteiger partial charge in [0.2, 0.25) is 5.91 Å². The molecule has 1 aliphatic rings.